The highest BCUT2D eigenvalue weighted by Crippen LogP contribution is 2.10. The Kier molecular flexibility index (Phi) is 5.53. The van der Waals surface area contributed by atoms with Crippen LogP contribution in [0.3, 0.4) is 0 Å². The third-order valence-electron chi connectivity index (χ3n) is 2.75. The third kappa shape index (κ3) is 4.89. The Balaban J connectivity index is 2.20. The summed E-state index contributed by atoms with van der Waals surface area (Å²) in [7, 11) is 0. The summed E-state index contributed by atoms with van der Waals surface area (Å²) in [5.41, 5.74) is 1.21. The maximum atomic E-state index is 11.5. The zero-order valence-corrected chi connectivity index (χ0v) is 10.8. The third-order valence-corrected chi connectivity index (χ3v) is 2.75. The van der Waals surface area contributed by atoms with Gasteiger partial charge in [-0.1, -0.05) is 31.5 Å². The van der Waals surface area contributed by atoms with Crippen LogP contribution in [0.2, 0.25) is 0 Å². The molecule has 0 spiro atoms. The number of carbonyl (C=O) groups excluding carboxylic acids is 1. The fraction of sp³-hybridized carbons (Fsp3) is 0.500. The van der Waals surface area contributed by atoms with Crippen molar-refractivity contribution in [1.82, 2.24) is 5.32 Å². The van der Waals surface area contributed by atoms with Crippen molar-refractivity contribution in [2.45, 2.75) is 27.2 Å². The minimum Gasteiger partial charge on any atom is -0.492 e. The Bertz CT molecular complexity index is 346. The molecule has 1 N–H and O–H groups in total. The van der Waals surface area contributed by atoms with Gasteiger partial charge in [0.1, 0.15) is 12.4 Å². The summed E-state index contributed by atoms with van der Waals surface area (Å²) < 4.78 is 5.51. The summed E-state index contributed by atoms with van der Waals surface area (Å²) in [5, 5.41) is 2.85. The van der Waals surface area contributed by atoms with E-state index in [2.05, 4.69) is 5.32 Å². The number of hydrogen-bond acceptors (Lipinski definition) is 2. The molecule has 94 valence electrons. The standard InChI is InChI=1S/C14H21NO2/c1-4-12(3)14(16)15-9-10-17-13-7-5-11(2)6-8-13/h5-8,12H,4,9-10H2,1-3H3,(H,15,16). The Morgan fingerprint density at radius 1 is 1.35 bits per heavy atom. The van der Waals surface area contributed by atoms with E-state index in [1.165, 1.54) is 5.56 Å². The van der Waals surface area contributed by atoms with Gasteiger partial charge in [-0.05, 0) is 25.5 Å². The van der Waals surface area contributed by atoms with Gasteiger partial charge in [0.2, 0.25) is 5.91 Å². The van der Waals surface area contributed by atoms with Crippen molar-refractivity contribution in [3.8, 4) is 5.75 Å². The first-order chi connectivity index (χ1) is 8.13. The highest BCUT2D eigenvalue weighted by Gasteiger charge is 2.08. The molecule has 0 fully saturated rings. The molecule has 0 aromatic heterocycles. The minimum absolute atomic E-state index is 0.0781. The van der Waals surface area contributed by atoms with Crippen molar-refractivity contribution in [3.63, 3.8) is 0 Å². The fourth-order valence-corrected chi connectivity index (χ4v) is 1.34. The average Bonchev–Trinajstić information content (AvgIpc) is 2.35. The minimum atomic E-state index is 0.0781. The van der Waals surface area contributed by atoms with Gasteiger partial charge in [0.25, 0.3) is 0 Å². The molecule has 0 aliphatic rings. The number of ether oxygens (including phenoxy) is 1. The van der Waals surface area contributed by atoms with Gasteiger partial charge in [0.15, 0.2) is 0 Å². The summed E-state index contributed by atoms with van der Waals surface area (Å²) in [4.78, 5) is 11.5. The topological polar surface area (TPSA) is 38.3 Å². The van der Waals surface area contributed by atoms with E-state index < -0.39 is 0 Å². The fourth-order valence-electron chi connectivity index (χ4n) is 1.34. The molecule has 0 bridgehead atoms. The van der Waals surface area contributed by atoms with Gasteiger partial charge >= 0.3 is 0 Å². The molecule has 0 aliphatic carbocycles. The summed E-state index contributed by atoms with van der Waals surface area (Å²) in [6, 6.07) is 7.89. The van der Waals surface area contributed by atoms with Crippen LogP contribution in [0.15, 0.2) is 24.3 Å². The lowest BCUT2D eigenvalue weighted by atomic mass is 10.1. The molecule has 0 saturated carbocycles. The van der Waals surface area contributed by atoms with Gasteiger partial charge in [-0.25, -0.2) is 0 Å². The van der Waals surface area contributed by atoms with Crippen LogP contribution < -0.4 is 10.1 Å². The van der Waals surface area contributed by atoms with Gasteiger partial charge in [-0.3, -0.25) is 4.79 Å². The highest BCUT2D eigenvalue weighted by molar-refractivity contribution is 5.78. The predicted molar refractivity (Wildman–Crippen MR) is 69.1 cm³/mol. The van der Waals surface area contributed by atoms with Gasteiger partial charge in [0.05, 0.1) is 6.54 Å². The quantitative estimate of drug-likeness (QED) is 0.769. The number of hydrogen-bond donors (Lipinski definition) is 1. The molecular weight excluding hydrogens is 214 g/mol. The van der Waals surface area contributed by atoms with Crippen LogP contribution in [0.4, 0.5) is 0 Å². The SMILES string of the molecule is CCC(C)C(=O)NCCOc1ccc(C)cc1. The summed E-state index contributed by atoms with van der Waals surface area (Å²) in [6.45, 7) is 7.03. The number of rotatable bonds is 6. The Morgan fingerprint density at radius 3 is 2.59 bits per heavy atom. The van der Waals surface area contributed by atoms with Crippen LogP contribution in [-0.4, -0.2) is 19.1 Å². The molecule has 1 unspecified atom stereocenters. The van der Waals surface area contributed by atoms with Crippen molar-refractivity contribution in [2.24, 2.45) is 5.92 Å². The van der Waals surface area contributed by atoms with E-state index in [9.17, 15) is 4.79 Å². The molecule has 1 rings (SSSR count). The van der Waals surface area contributed by atoms with Crippen molar-refractivity contribution >= 4 is 5.91 Å². The van der Waals surface area contributed by atoms with Crippen molar-refractivity contribution in [3.05, 3.63) is 29.8 Å². The van der Waals surface area contributed by atoms with E-state index in [0.717, 1.165) is 12.2 Å². The normalized spacial score (nSPS) is 11.9. The second-order valence-corrected chi connectivity index (χ2v) is 4.26. The molecule has 17 heavy (non-hydrogen) atoms. The van der Waals surface area contributed by atoms with E-state index in [1.54, 1.807) is 0 Å². The molecule has 0 radical (unpaired) electrons. The largest absolute Gasteiger partial charge is 0.492 e. The van der Waals surface area contributed by atoms with Crippen LogP contribution in [-0.2, 0) is 4.79 Å². The van der Waals surface area contributed by atoms with Crippen LogP contribution in [0, 0.1) is 12.8 Å². The zero-order valence-electron chi connectivity index (χ0n) is 10.8. The smallest absolute Gasteiger partial charge is 0.222 e. The first kappa shape index (κ1) is 13.6. The van der Waals surface area contributed by atoms with Crippen LogP contribution in [0.5, 0.6) is 5.75 Å². The Labute approximate surface area is 103 Å². The van der Waals surface area contributed by atoms with Crippen LogP contribution in [0.25, 0.3) is 0 Å². The zero-order chi connectivity index (χ0) is 12.7. The van der Waals surface area contributed by atoms with E-state index >= 15 is 0 Å². The molecule has 1 aromatic rings. The molecule has 1 aromatic carbocycles. The van der Waals surface area contributed by atoms with E-state index in [0.29, 0.717) is 13.2 Å². The van der Waals surface area contributed by atoms with Gasteiger partial charge in [0, 0.05) is 5.92 Å². The van der Waals surface area contributed by atoms with Crippen molar-refractivity contribution < 1.29 is 9.53 Å². The maximum absolute atomic E-state index is 11.5. The molecular formula is C14H21NO2. The maximum Gasteiger partial charge on any atom is 0.222 e. The lowest BCUT2D eigenvalue weighted by Gasteiger charge is -2.10. The first-order valence-corrected chi connectivity index (χ1v) is 6.10. The molecule has 0 saturated heterocycles. The molecule has 3 heteroatoms. The lowest BCUT2D eigenvalue weighted by Crippen LogP contribution is -2.32. The second-order valence-electron chi connectivity index (χ2n) is 4.26. The average molecular weight is 235 g/mol. The summed E-state index contributed by atoms with van der Waals surface area (Å²) in [6.07, 6.45) is 0.866. The number of benzene rings is 1. The molecule has 1 atom stereocenters. The van der Waals surface area contributed by atoms with Crippen LogP contribution >= 0.6 is 0 Å². The molecule has 0 heterocycles. The van der Waals surface area contributed by atoms with Crippen molar-refractivity contribution in [2.75, 3.05) is 13.2 Å². The monoisotopic (exact) mass is 235 g/mol. The summed E-state index contributed by atoms with van der Waals surface area (Å²) >= 11 is 0. The van der Waals surface area contributed by atoms with E-state index in [-0.39, 0.29) is 11.8 Å². The van der Waals surface area contributed by atoms with Gasteiger partial charge < -0.3 is 10.1 Å². The predicted octanol–water partition coefficient (Wildman–Crippen LogP) is 2.54. The number of amides is 1. The Morgan fingerprint density at radius 2 is 2.00 bits per heavy atom. The van der Waals surface area contributed by atoms with Gasteiger partial charge in [-0.15, -0.1) is 0 Å². The summed E-state index contributed by atoms with van der Waals surface area (Å²) in [5.74, 6) is 1.02. The molecule has 3 nitrogen and oxygen atoms in total. The number of aryl methyl sites for hydroxylation is 1. The lowest BCUT2D eigenvalue weighted by molar-refractivity contribution is -0.124. The van der Waals surface area contributed by atoms with E-state index in [4.69, 9.17) is 4.74 Å². The second kappa shape index (κ2) is 6.94. The molecule has 0 aliphatic heterocycles. The van der Waals surface area contributed by atoms with Crippen LogP contribution in [0.1, 0.15) is 25.8 Å². The van der Waals surface area contributed by atoms with E-state index in [1.807, 2.05) is 45.0 Å². The molecule has 1 amide bonds. The van der Waals surface area contributed by atoms with Crippen molar-refractivity contribution in [1.29, 1.82) is 0 Å². The number of carbonyl (C=O) groups is 1. The first-order valence-electron chi connectivity index (χ1n) is 6.10. The number of nitrogens with one attached hydrogen (secondary N) is 1. The van der Waals surface area contributed by atoms with Gasteiger partial charge in [-0.2, -0.15) is 0 Å². The highest BCUT2D eigenvalue weighted by atomic mass is 16.5. The Hall–Kier alpha value is -1.51.